The highest BCUT2D eigenvalue weighted by atomic mass is 32.2. The van der Waals surface area contributed by atoms with Crippen molar-refractivity contribution in [2.45, 2.75) is 37.4 Å². The molecule has 12 heteroatoms. The number of benzene rings is 3. The van der Waals surface area contributed by atoms with Gasteiger partial charge in [0.2, 0.25) is 0 Å². The lowest BCUT2D eigenvalue weighted by molar-refractivity contribution is 0.0564. The average molecular weight is 587 g/mol. The zero-order valence-electron chi connectivity index (χ0n) is 20.8. The standard InChI is InChI=1S/C26H30F2O7P2S/c1-18(2)13-14-35-24-12-9-22(15-25(24)36(29,30)31)21-7-3-19(4-8-21)16-38-17-20-5-10-23(11-6-20)26(27,28)37(32,33)34/h3-12,15,18H,13-14,16-17H2,1-2H3,(H2,29,30,31)(H2,32,33,34). The summed E-state index contributed by atoms with van der Waals surface area (Å²) in [6.07, 6.45) is 0.764. The van der Waals surface area contributed by atoms with Crippen LogP contribution < -0.4 is 10.0 Å². The van der Waals surface area contributed by atoms with Crippen LogP contribution in [-0.2, 0) is 26.3 Å². The van der Waals surface area contributed by atoms with E-state index in [-0.39, 0.29) is 11.1 Å². The summed E-state index contributed by atoms with van der Waals surface area (Å²) >= 11 is 1.54. The van der Waals surface area contributed by atoms with Crippen LogP contribution in [0.1, 0.15) is 37.0 Å². The summed E-state index contributed by atoms with van der Waals surface area (Å²) in [7, 11) is -10.1. The molecule has 0 amide bonds. The van der Waals surface area contributed by atoms with E-state index in [9.17, 15) is 27.7 Å². The van der Waals surface area contributed by atoms with Crippen LogP contribution in [0.5, 0.6) is 5.75 Å². The summed E-state index contributed by atoms with van der Waals surface area (Å²) in [5.41, 5.74) is -1.81. The first-order valence-corrected chi connectivity index (χ1v) is 16.1. The molecular weight excluding hydrogens is 556 g/mol. The minimum atomic E-state index is -5.60. The third-order valence-electron chi connectivity index (χ3n) is 5.72. The molecule has 3 aromatic rings. The lowest BCUT2D eigenvalue weighted by Gasteiger charge is -2.18. The number of halogens is 2. The van der Waals surface area contributed by atoms with Crippen molar-refractivity contribution in [3.05, 3.63) is 83.4 Å². The van der Waals surface area contributed by atoms with Crippen LogP contribution in [0.4, 0.5) is 8.78 Å². The molecule has 0 unspecified atom stereocenters. The molecular formula is C26H30F2O7P2S. The second kappa shape index (κ2) is 12.4. The predicted octanol–water partition coefficient (Wildman–Crippen LogP) is 6.24. The molecule has 0 atom stereocenters. The number of thioether (sulfide) groups is 1. The van der Waals surface area contributed by atoms with Crippen molar-refractivity contribution >= 4 is 32.3 Å². The summed E-state index contributed by atoms with van der Waals surface area (Å²) in [5, 5.41) is -0.150. The highest BCUT2D eigenvalue weighted by Crippen LogP contribution is 2.59. The Balaban J connectivity index is 1.63. The zero-order valence-corrected chi connectivity index (χ0v) is 23.4. The summed E-state index contributed by atoms with van der Waals surface area (Å²) in [6.45, 7) is 4.44. The Labute approximate surface area is 224 Å². The lowest BCUT2D eigenvalue weighted by Crippen LogP contribution is -2.13. The molecule has 0 fully saturated rings. The molecule has 0 heterocycles. The Morgan fingerprint density at radius 3 is 1.87 bits per heavy atom. The van der Waals surface area contributed by atoms with Crippen LogP contribution in [-0.4, -0.2) is 26.2 Å². The van der Waals surface area contributed by atoms with Gasteiger partial charge in [0, 0.05) is 17.1 Å². The summed E-state index contributed by atoms with van der Waals surface area (Å²) in [5.74, 6) is 1.71. The molecule has 0 spiro atoms. The second-order valence-corrected chi connectivity index (χ2v) is 13.4. The molecule has 3 rings (SSSR count). The second-order valence-electron chi connectivity index (χ2n) is 9.23. The number of rotatable bonds is 12. The Morgan fingerprint density at radius 2 is 1.37 bits per heavy atom. The zero-order chi connectivity index (χ0) is 28.1. The SMILES string of the molecule is CC(C)CCOc1ccc(-c2ccc(CSCc3ccc(C(F)(F)P(=O)(O)O)cc3)cc2)cc1P(=O)(O)O. The number of hydrogen-bond donors (Lipinski definition) is 4. The Hall–Kier alpha value is -2.03. The van der Waals surface area contributed by atoms with Gasteiger partial charge in [-0.1, -0.05) is 68.4 Å². The van der Waals surface area contributed by atoms with Crippen molar-refractivity contribution in [3.8, 4) is 16.9 Å². The smallest absolute Gasteiger partial charge is 0.399 e. The number of ether oxygens (including phenoxy) is 1. The van der Waals surface area contributed by atoms with Crippen molar-refractivity contribution in [2.75, 3.05) is 6.61 Å². The molecule has 0 aliphatic rings. The molecule has 206 valence electrons. The Kier molecular flexibility index (Phi) is 9.98. The van der Waals surface area contributed by atoms with Gasteiger partial charge in [0.1, 0.15) is 11.1 Å². The Bertz CT molecular complexity index is 1320. The van der Waals surface area contributed by atoms with E-state index in [0.717, 1.165) is 35.2 Å². The van der Waals surface area contributed by atoms with Gasteiger partial charge in [-0.2, -0.15) is 20.5 Å². The van der Waals surface area contributed by atoms with Gasteiger partial charge >= 0.3 is 20.9 Å². The van der Waals surface area contributed by atoms with Gasteiger partial charge < -0.3 is 24.3 Å². The molecule has 3 aromatic carbocycles. The fourth-order valence-electron chi connectivity index (χ4n) is 3.50. The minimum Gasteiger partial charge on any atom is -0.493 e. The van der Waals surface area contributed by atoms with Crippen LogP contribution in [0, 0.1) is 5.92 Å². The number of hydrogen-bond acceptors (Lipinski definition) is 4. The molecule has 0 bridgehead atoms. The van der Waals surface area contributed by atoms with E-state index in [0.29, 0.717) is 29.6 Å². The van der Waals surface area contributed by atoms with Crippen molar-refractivity contribution in [1.82, 2.24) is 0 Å². The van der Waals surface area contributed by atoms with Gasteiger partial charge in [-0.15, -0.1) is 0 Å². The summed E-state index contributed by atoms with van der Waals surface area (Å²) in [4.78, 5) is 37.4. The highest BCUT2D eigenvalue weighted by molar-refractivity contribution is 7.97. The van der Waals surface area contributed by atoms with Crippen molar-refractivity contribution in [2.24, 2.45) is 5.92 Å². The lowest BCUT2D eigenvalue weighted by atomic mass is 10.0. The van der Waals surface area contributed by atoms with E-state index in [1.54, 1.807) is 12.1 Å². The number of alkyl halides is 2. The normalized spacial score (nSPS) is 12.7. The quantitative estimate of drug-likeness (QED) is 0.184. The molecule has 0 saturated carbocycles. The average Bonchev–Trinajstić information content (AvgIpc) is 2.83. The van der Waals surface area contributed by atoms with E-state index in [1.165, 1.54) is 30.0 Å². The monoisotopic (exact) mass is 586 g/mol. The first kappa shape index (κ1) is 30.5. The van der Waals surface area contributed by atoms with E-state index >= 15 is 0 Å². The molecule has 0 aromatic heterocycles. The molecule has 0 radical (unpaired) electrons. The molecule has 38 heavy (non-hydrogen) atoms. The van der Waals surface area contributed by atoms with E-state index in [1.807, 2.05) is 38.1 Å². The van der Waals surface area contributed by atoms with Gasteiger partial charge in [-0.25, -0.2) is 0 Å². The fraction of sp³-hybridized carbons (Fsp3) is 0.308. The summed E-state index contributed by atoms with van der Waals surface area (Å²) < 4.78 is 56.3. The van der Waals surface area contributed by atoms with E-state index in [2.05, 4.69) is 0 Å². The molecule has 0 aliphatic carbocycles. The van der Waals surface area contributed by atoms with E-state index < -0.39 is 26.4 Å². The van der Waals surface area contributed by atoms with Gasteiger partial charge in [-0.3, -0.25) is 9.13 Å². The van der Waals surface area contributed by atoms with E-state index in [4.69, 9.17) is 14.5 Å². The van der Waals surface area contributed by atoms with Gasteiger partial charge in [0.25, 0.3) is 0 Å². The van der Waals surface area contributed by atoms with Crippen molar-refractivity contribution in [3.63, 3.8) is 0 Å². The van der Waals surface area contributed by atoms with Crippen LogP contribution >= 0.6 is 27.0 Å². The third kappa shape index (κ3) is 7.99. The van der Waals surface area contributed by atoms with Crippen molar-refractivity contribution in [1.29, 1.82) is 0 Å². The summed E-state index contributed by atoms with van der Waals surface area (Å²) in [6, 6.07) is 17.2. The molecule has 0 saturated heterocycles. The maximum absolute atomic E-state index is 13.8. The molecule has 4 N–H and O–H groups in total. The van der Waals surface area contributed by atoms with Crippen LogP contribution in [0.2, 0.25) is 0 Å². The van der Waals surface area contributed by atoms with Gasteiger partial charge in [0.15, 0.2) is 0 Å². The Morgan fingerprint density at radius 1 is 0.842 bits per heavy atom. The molecule has 7 nitrogen and oxygen atoms in total. The largest absolute Gasteiger partial charge is 0.493 e. The highest BCUT2D eigenvalue weighted by Gasteiger charge is 2.50. The third-order valence-corrected chi connectivity index (χ3v) is 8.76. The molecule has 0 aliphatic heterocycles. The van der Waals surface area contributed by atoms with Gasteiger partial charge in [-0.05, 0) is 46.7 Å². The predicted molar refractivity (Wildman–Crippen MR) is 146 cm³/mol. The first-order chi connectivity index (χ1) is 17.7. The maximum Gasteiger partial charge on any atom is 0.399 e. The van der Waals surface area contributed by atoms with Crippen LogP contribution in [0.3, 0.4) is 0 Å². The maximum atomic E-state index is 13.8. The van der Waals surface area contributed by atoms with Gasteiger partial charge in [0.05, 0.1) is 6.61 Å². The van der Waals surface area contributed by atoms with Crippen molar-refractivity contribution < 1.29 is 42.2 Å². The fourth-order valence-corrected chi connectivity index (χ4v) is 5.68. The van der Waals surface area contributed by atoms with Crippen LogP contribution in [0.15, 0.2) is 66.7 Å². The first-order valence-electron chi connectivity index (χ1n) is 11.7. The minimum absolute atomic E-state index is 0.150. The van der Waals surface area contributed by atoms with Crippen LogP contribution in [0.25, 0.3) is 11.1 Å². The topological polar surface area (TPSA) is 124 Å².